The summed E-state index contributed by atoms with van der Waals surface area (Å²) in [6, 6.07) is -0.720. The normalized spacial score (nSPS) is 13.9. The van der Waals surface area contributed by atoms with E-state index in [9.17, 15) is 9.59 Å². The van der Waals surface area contributed by atoms with Crippen molar-refractivity contribution < 1.29 is 18.8 Å². The minimum Gasteiger partial charge on any atom is -0.417 e. The smallest absolute Gasteiger partial charge is 0.246 e. The lowest BCUT2D eigenvalue weighted by Gasteiger charge is -2.36. The van der Waals surface area contributed by atoms with E-state index in [0.717, 1.165) is 0 Å². The summed E-state index contributed by atoms with van der Waals surface area (Å²) in [4.78, 5) is 22.7. The number of nitrogens with two attached hydrogens (primary N) is 1. The maximum Gasteiger partial charge on any atom is 0.246 e. The Morgan fingerprint density at radius 3 is 2.25 bits per heavy atom. The molecule has 2 amide bonds. The van der Waals surface area contributed by atoms with Crippen LogP contribution in [0.5, 0.6) is 0 Å². The van der Waals surface area contributed by atoms with E-state index < -0.39 is 20.3 Å². The molecule has 3 N–H and O–H groups in total. The Morgan fingerprint density at radius 2 is 1.85 bits per heavy atom. The largest absolute Gasteiger partial charge is 0.417 e. The third kappa shape index (κ3) is 6.49. The van der Waals surface area contributed by atoms with Gasteiger partial charge in [0.15, 0.2) is 8.32 Å². The van der Waals surface area contributed by atoms with Crippen LogP contribution in [-0.4, -0.2) is 46.5 Å². The molecule has 0 heterocycles. The van der Waals surface area contributed by atoms with Crippen molar-refractivity contribution in [1.29, 1.82) is 0 Å². The molecular weight excluding hydrogens is 276 g/mol. The first-order valence-electron chi connectivity index (χ1n) is 6.73. The van der Waals surface area contributed by atoms with Crippen molar-refractivity contribution in [3.8, 4) is 0 Å². The van der Waals surface area contributed by atoms with Gasteiger partial charge >= 0.3 is 0 Å². The highest BCUT2D eigenvalue weighted by Gasteiger charge is 2.37. The van der Waals surface area contributed by atoms with E-state index >= 15 is 0 Å². The monoisotopic (exact) mass is 304 g/mol. The number of ether oxygens (including phenoxy) is 1. The van der Waals surface area contributed by atoms with Crippen LogP contribution in [0.25, 0.3) is 0 Å². The van der Waals surface area contributed by atoms with E-state index in [-0.39, 0.29) is 17.6 Å². The lowest BCUT2D eigenvalue weighted by atomic mass is 10.2. The SMILES string of the molecule is COCC(=O)N[C@H](CCO[Si](C)(C)C(C)(C)C)C(N)=O. The van der Waals surface area contributed by atoms with Crippen molar-refractivity contribution in [3.63, 3.8) is 0 Å². The van der Waals surface area contributed by atoms with Crippen molar-refractivity contribution >= 4 is 20.1 Å². The van der Waals surface area contributed by atoms with Gasteiger partial charge in [0, 0.05) is 13.7 Å². The molecule has 0 aromatic carbocycles. The van der Waals surface area contributed by atoms with Crippen molar-refractivity contribution in [1.82, 2.24) is 5.32 Å². The van der Waals surface area contributed by atoms with Gasteiger partial charge in [-0.05, 0) is 24.6 Å². The molecule has 6 nitrogen and oxygen atoms in total. The van der Waals surface area contributed by atoms with Crippen molar-refractivity contribution in [2.45, 2.75) is 51.4 Å². The molecule has 118 valence electrons. The molecule has 0 aliphatic carbocycles. The van der Waals surface area contributed by atoms with Crippen LogP contribution in [0.4, 0.5) is 0 Å². The van der Waals surface area contributed by atoms with Gasteiger partial charge in [0.1, 0.15) is 12.6 Å². The number of primary amides is 1. The van der Waals surface area contributed by atoms with Crippen LogP contribution in [0.1, 0.15) is 27.2 Å². The summed E-state index contributed by atoms with van der Waals surface area (Å²) >= 11 is 0. The van der Waals surface area contributed by atoms with Crippen LogP contribution in [0.3, 0.4) is 0 Å². The fourth-order valence-electron chi connectivity index (χ4n) is 1.30. The molecule has 0 spiro atoms. The standard InChI is InChI=1S/C13H28N2O4Si/c1-13(2,3)20(5,6)19-8-7-10(12(14)17)15-11(16)9-18-4/h10H,7-9H2,1-6H3,(H2,14,17)(H,15,16)/t10-/m1/s1. The maximum atomic E-state index is 11.4. The van der Waals surface area contributed by atoms with Crippen LogP contribution >= 0.6 is 0 Å². The van der Waals surface area contributed by atoms with Gasteiger partial charge in [0.25, 0.3) is 0 Å². The van der Waals surface area contributed by atoms with E-state index in [1.54, 1.807) is 0 Å². The van der Waals surface area contributed by atoms with Gasteiger partial charge in [-0.1, -0.05) is 20.8 Å². The molecule has 0 saturated heterocycles. The summed E-state index contributed by atoms with van der Waals surface area (Å²) in [5.41, 5.74) is 5.28. The molecule has 0 rings (SSSR count). The highest BCUT2D eigenvalue weighted by atomic mass is 28.4. The van der Waals surface area contributed by atoms with E-state index in [2.05, 4.69) is 39.2 Å². The highest BCUT2D eigenvalue weighted by molar-refractivity contribution is 6.74. The van der Waals surface area contributed by atoms with Gasteiger partial charge in [-0.2, -0.15) is 0 Å². The van der Waals surface area contributed by atoms with Gasteiger partial charge in [0.05, 0.1) is 0 Å². The second-order valence-corrected chi connectivity index (χ2v) is 11.2. The third-order valence-electron chi connectivity index (χ3n) is 3.63. The Hall–Kier alpha value is -0.923. The summed E-state index contributed by atoms with van der Waals surface area (Å²) in [6.07, 6.45) is 0.372. The van der Waals surface area contributed by atoms with Crippen molar-refractivity contribution in [2.24, 2.45) is 5.73 Å². The zero-order chi connectivity index (χ0) is 16.0. The van der Waals surface area contributed by atoms with E-state index in [1.807, 2.05) is 0 Å². The molecule has 7 heteroatoms. The van der Waals surface area contributed by atoms with Crippen LogP contribution in [-0.2, 0) is 18.8 Å². The second kappa shape index (κ2) is 7.75. The minimum absolute atomic E-state index is 0.0904. The molecular formula is C13H28N2O4Si. The highest BCUT2D eigenvalue weighted by Crippen LogP contribution is 2.36. The molecule has 0 aromatic heterocycles. The number of nitrogens with one attached hydrogen (secondary N) is 1. The topological polar surface area (TPSA) is 90.7 Å². The molecule has 0 aliphatic heterocycles. The molecule has 0 unspecified atom stereocenters. The Morgan fingerprint density at radius 1 is 1.30 bits per heavy atom. The number of hydrogen-bond acceptors (Lipinski definition) is 4. The number of carbonyl (C=O) groups is 2. The predicted octanol–water partition coefficient (Wildman–Crippen LogP) is 1.01. The predicted molar refractivity (Wildman–Crippen MR) is 80.8 cm³/mol. The quantitative estimate of drug-likeness (QED) is 0.655. The minimum atomic E-state index is -1.85. The summed E-state index contributed by atoms with van der Waals surface area (Å²) in [6.45, 7) is 11.0. The van der Waals surface area contributed by atoms with Crippen LogP contribution in [0.2, 0.25) is 18.1 Å². The van der Waals surface area contributed by atoms with Crippen molar-refractivity contribution in [2.75, 3.05) is 20.3 Å². The van der Waals surface area contributed by atoms with E-state index in [1.165, 1.54) is 7.11 Å². The van der Waals surface area contributed by atoms with Gasteiger partial charge < -0.3 is 20.2 Å². The number of rotatable bonds is 8. The molecule has 0 fully saturated rings. The van der Waals surface area contributed by atoms with Gasteiger partial charge in [-0.15, -0.1) is 0 Å². The van der Waals surface area contributed by atoms with Gasteiger partial charge in [-0.25, -0.2) is 0 Å². The summed E-state index contributed by atoms with van der Waals surface area (Å²) in [7, 11) is -0.435. The van der Waals surface area contributed by atoms with Crippen LogP contribution in [0.15, 0.2) is 0 Å². The molecule has 1 atom stereocenters. The lowest BCUT2D eigenvalue weighted by molar-refractivity contribution is -0.129. The van der Waals surface area contributed by atoms with Crippen LogP contribution < -0.4 is 11.1 Å². The Bertz CT molecular complexity index is 340. The average molecular weight is 304 g/mol. The fourth-order valence-corrected chi connectivity index (χ4v) is 2.36. The first-order valence-corrected chi connectivity index (χ1v) is 9.63. The van der Waals surface area contributed by atoms with E-state index in [0.29, 0.717) is 13.0 Å². The summed E-state index contributed by atoms with van der Waals surface area (Å²) < 4.78 is 10.7. The first kappa shape index (κ1) is 19.1. The number of amides is 2. The maximum absolute atomic E-state index is 11.4. The Balaban J connectivity index is 4.37. The molecule has 0 radical (unpaired) electrons. The zero-order valence-electron chi connectivity index (χ0n) is 13.4. The average Bonchev–Trinajstić information content (AvgIpc) is 2.26. The molecule has 0 aromatic rings. The number of carbonyl (C=O) groups excluding carboxylic acids is 2. The van der Waals surface area contributed by atoms with Gasteiger partial charge in [0.2, 0.25) is 11.8 Å². The molecule has 0 bridgehead atoms. The summed E-state index contributed by atoms with van der Waals surface area (Å²) in [5.74, 6) is -0.920. The molecule has 0 aliphatic rings. The first-order chi connectivity index (χ1) is 9.01. The van der Waals surface area contributed by atoms with E-state index in [4.69, 9.17) is 14.9 Å². The number of hydrogen-bond donors (Lipinski definition) is 2. The van der Waals surface area contributed by atoms with Crippen molar-refractivity contribution in [3.05, 3.63) is 0 Å². The van der Waals surface area contributed by atoms with Gasteiger partial charge in [-0.3, -0.25) is 9.59 Å². The lowest BCUT2D eigenvalue weighted by Crippen LogP contribution is -2.47. The third-order valence-corrected chi connectivity index (χ3v) is 8.17. The Kier molecular flexibility index (Phi) is 7.39. The van der Waals surface area contributed by atoms with Crippen LogP contribution in [0, 0.1) is 0 Å². The Labute approximate surface area is 122 Å². The number of methoxy groups -OCH3 is 1. The summed E-state index contributed by atoms with van der Waals surface area (Å²) in [5, 5.41) is 2.64. The molecule has 20 heavy (non-hydrogen) atoms. The molecule has 0 saturated carbocycles. The fraction of sp³-hybridized carbons (Fsp3) is 0.846. The second-order valence-electron chi connectivity index (χ2n) is 6.35. The zero-order valence-corrected chi connectivity index (χ0v) is 14.4.